The van der Waals surface area contributed by atoms with Crippen LogP contribution in [0.3, 0.4) is 0 Å². The summed E-state index contributed by atoms with van der Waals surface area (Å²) in [6, 6.07) is 9.27. The number of halogens is 2. The van der Waals surface area contributed by atoms with Gasteiger partial charge in [0.05, 0.1) is 15.6 Å². The molecule has 1 aliphatic heterocycles. The van der Waals surface area contributed by atoms with E-state index >= 15 is 0 Å². The SMILES string of the molecule is CNC(=O)C1(N)CN(c2ccc(-c3n[nH]c4ccc(O[C@H](C)c5c(Cl)cncc5Cl)cc34)nn2)C1. The number of pyridine rings is 1. The molecule has 1 aliphatic rings. The lowest BCUT2D eigenvalue weighted by Gasteiger charge is -2.46. The van der Waals surface area contributed by atoms with Crippen LogP contribution in [0.4, 0.5) is 5.82 Å². The van der Waals surface area contributed by atoms with E-state index < -0.39 is 11.6 Å². The lowest BCUT2D eigenvalue weighted by Crippen LogP contribution is -2.74. The molecule has 180 valence electrons. The van der Waals surface area contributed by atoms with Gasteiger partial charge in [0.1, 0.15) is 28.8 Å². The number of fused-ring (bicyclic) bond motifs is 1. The second-order valence-electron chi connectivity index (χ2n) is 8.42. The standard InChI is InChI=1S/C23H22Cl2N8O2/c1-12(20-15(24)8-28-9-16(20)25)35-13-3-4-17-14(7-13)21(32-29-17)18-5-6-19(31-30-18)33-10-23(26,11-33)22(34)27-2/h3-9,12H,10-11,26H2,1-2H3,(H,27,34)(H,29,32)/t12-/m1/s1. The van der Waals surface area contributed by atoms with Crippen molar-refractivity contribution in [3.8, 4) is 17.1 Å². The third-order valence-electron chi connectivity index (χ3n) is 5.99. The molecule has 0 radical (unpaired) electrons. The van der Waals surface area contributed by atoms with E-state index in [9.17, 15) is 4.79 Å². The van der Waals surface area contributed by atoms with Crippen LogP contribution in [0.15, 0.2) is 42.7 Å². The number of likely N-dealkylation sites (N-methyl/N-ethyl adjacent to an activating group) is 1. The molecule has 10 nitrogen and oxygen atoms in total. The second-order valence-corrected chi connectivity index (χ2v) is 9.24. The largest absolute Gasteiger partial charge is 0.486 e. The van der Waals surface area contributed by atoms with Gasteiger partial charge in [0.25, 0.3) is 0 Å². The van der Waals surface area contributed by atoms with E-state index in [1.807, 2.05) is 42.2 Å². The van der Waals surface area contributed by atoms with Crippen molar-refractivity contribution in [2.24, 2.45) is 5.73 Å². The van der Waals surface area contributed by atoms with Crippen molar-refractivity contribution in [1.29, 1.82) is 0 Å². The Bertz CT molecular complexity index is 1380. The molecule has 4 heterocycles. The number of benzene rings is 1. The summed E-state index contributed by atoms with van der Waals surface area (Å²) in [5, 5.41) is 20.4. The summed E-state index contributed by atoms with van der Waals surface area (Å²) in [6.07, 6.45) is 2.68. The van der Waals surface area contributed by atoms with E-state index in [1.54, 1.807) is 7.05 Å². The molecule has 0 aliphatic carbocycles. The van der Waals surface area contributed by atoms with E-state index in [1.165, 1.54) is 12.4 Å². The molecule has 0 unspecified atom stereocenters. The molecule has 35 heavy (non-hydrogen) atoms. The van der Waals surface area contributed by atoms with Crippen molar-refractivity contribution in [3.05, 3.63) is 58.3 Å². The molecular formula is C23H22Cl2N8O2. The lowest BCUT2D eigenvalue weighted by atomic mass is 9.90. The number of hydrogen-bond donors (Lipinski definition) is 3. The van der Waals surface area contributed by atoms with Crippen LogP contribution in [0, 0.1) is 0 Å². The van der Waals surface area contributed by atoms with Crippen LogP contribution >= 0.6 is 23.2 Å². The number of rotatable bonds is 6. The first-order valence-corrected chi connectivity index (χ1v) is 11.6. The van der Waals surface area contributed by atoms with Gasteiger partial charge in [0.15, 0.2) is 5.82 Å². The highest BCUT2D eigenvalue weighted by Gasteiger charge is 2.46. The average Bonchev–Trinajstić information content (AvgIpc) is 3.25. The number of aromatic nitrogens is 5. The van der Waals surface area contributed by atoms with Crippen LogP contribution in [-0.4, -0.2) is 57.0 Å². The first kappa shape index (κ1) is 23.3. The number of anilines is 1. The minimum Gasteiger partial charge on any atom is -0.486 e. The Labute approximate surface area is 210 Å². The van der Waals surface area contributed by atoms with Crippen molar-refractivity contribution >= 4 is 45.8 Å². The van der Waals surface area contributed by atoms with Crippen LogP contribution in [0.2, 0.25) is 10.0 Å². The minimum atomic E-state index is -0.911. The summed E-state index contributed by atoms with van der Waals surface area (Å²) in [5.41, 5.74) is 7.93. The van der Waals surface area contributed by atoms with Crippen LogP contribution in [0.5, 0.6) is 5.75 Å². The quantitative estimate of drug-likeness (QED) is 0.358. The van der Waals surface area contributed by atoms with Gasteiger partial charge in [-0.25, -0.2) is 0 Å². The number of carbonyl (C=O) groups is 1. The van der Waals surface area contributed by atoms with Gasteiger partial charge in [-0.1, -0.05) is 23.2 Å². The fourth-order valence-electron chi connectivity index (χ4n) is 4.14. The number of aromatic amines is 1. The number of nitrogens with zero attached hydrogens (tertiary/aromatic N) is 5. The molecule has 0 spiro atoms. The number of ether oxygens (including phenoxy) is 1. The smallest absolute Gasteiger partial charge is 0.243 e. The lowest BCUT2D eigenvalue weighted by molar-refractivity contribution is -0.126. The van der Waals surface area contributed by atoms with Gasteiger partial charge in [-0.3, -0.25) is 14.9 Å². The highest BCUT2D eigenvalue weighted by molar-refractivity contribution is 6.35. The Morgan fingerprint density at radius 3 is 2.60 bits per heavy atom. The van der Waals surface area contributed by atoms with E-state index in [2.05, 4.69) is 30.7 Å². The molecule has 3 aromatic heterocycles. The summed E-state index contributed by atoms with van der Waals surface area (Å²) >= 11 is 12.5. The van der Waals surface area contributed by atoms with Crippen LogP contribution in [0.1, 0.15) is 18.6 Å². The van der Waals surface area contributed by atoms with Crippen molar-refractivity contribution in [3.63, 3.8) is 0 Å². The van der Waals surface area contributed by atoms with Gasteiger partial charge in [-0.15, -0.1) is 10.2 Å². The summed E-state index contributed by atoms with van der Waals surface area (Å²) in [7, 11) is 1.57. The van der Waals surface area contributed by atoms with Crippen molar-refractivity contribution in [1.82, 2.24) is 30.7 Å². The number of amides is 1. The van der Waals surface area contributed by atoms with Crippen LogP contribution in [-0.2, 0) is 4.79 Å². The predicted molar refractivity (Wildman–Crippen MR) is 134 cm³/mol. The first-order chi connectivity index (χ1) is 16.8. The fraction of sp³-hybridized carbons (Fsp3) is 0.261. The van der Waals surface area contributed by atoms with Crippen LogP contribution < -0.4 is 20.7 Å². The zero-order chi connectivity index (χ0) is 24.7. The van der Waals surface area contributed by atoms with Gasteiger partial charge in [0.2, 0.25) is 5.91 Å². The highest BCUT2D eigenvalue weighted by Crippen LogP contribution is 2.34. The zero-order valence-electron chi connectivity index (χ0n) is 18.9. The van der Waals surface area contributed by atoms with Gasteiger partial charge in [0, 0.05) is 43.5 Å². The number of H-pyrrole nitrogens is 1. The third-order valence-corrected chi connectivity index (χ3v) is 6.59. The second kappa shape index (κ2) is 8.95. The number of carbonyl (C=O) groups excluding carboxylic acids is 1. The molecule has 1 atom stereocenters. The summed E-state index contributed by atoms with van der Waals surface area (Å²) in [5.74, 6) is 1.07. The minimum absolute atomic E-state index is 0.192. The van der Waals surface area contributed by atoms with Crippen LogP contribution in [0.25, 0.3) is 22.3 Å². The molecular weight excluding hydrogens is 491 g/mol. The Balaban J connectivity index is 1.36. The van der Waals surface area contributed by atoms with Gasteiger partial charge < -0.3 is 20.7 Å². The third kappa shape index (κ3) is 4.24. The van der Waals surface area contributed by atoms with E-state index in [-0.39, 0.29) is 5.91 Å². The zero-order valence-corrected chi connectivity index (χ0v) is 20.4. The first-order valence-electron chi connectivity index (χ1n) is 10.8. The molecule has 0 bridgehead atoms. The van der Waals surface area contributed by atoms with E-state index in [4.69, 9.17) is 33.7 Å². The van der Waals surface area contributed by atoms with Gasteiger partial charge in [-0.05, 0) is 37.3 Å². The van der Waals surface area contributed by atoms with Gasteiger partial charge in [-0.2, -0.15) is 5.10 Å². The maximum Gasteiger partial charge on any atom is 0.243 e. The molecule has 12 heteroatoms. The highest BCUT2D eigenvalue weighted by atomic mass is 35.5. The Morgan fingerprint density at radius 2 is 1.94 bits per heavy atom. The fourth-order valence-corrected chi connectivity index (χ4v) is 4.82. The predicted octanol–water partition coefficient (Wildman–Crippen LogP) is 3.13. The van der Waals surface area contributed by atoms with Crippen molar-refractivity contribution < 1.29 is 9.53 Å². The average molecular weight is 513 g/mol. The Hall–Kier alpha value is -3.47. The Kier molecular flexibility index (Phi) is 5.96. The van der Waals surface area contributed by atoms with E-state index in [0.29, 0.717) is 51.7 Å². The molecule has 4 aromatic rings. The summed E-state index contributed by atoms with van der Waals surface area (Å²) in [6.45, 7) is 2.61. The molecule has 1 fully saturated rings. The molecule has 1 aromatic carbocycles. The maximum absolute atomic E-state index is 11.9. The maximum atomic E-state index is 11.9. The van der Waals surface area contributed by atoms with Gasteiger partial charge >= 0.3 is 0 Å². The molecule has 0 saturated carbocycles. The van der Waals surface area contributed by atoms with Crippen molar-refractivity contribution in [2.45, 2.75) is 18.6 Å². The number of hydrogen-bond acceptors (Lipinski definition) is 8. The number of nitrogens with two attached hydrogens (primary N) is 1. The molecule has 5 rings (SSSR count). The summed E-state index contributed by atoms with van der Waals surface area (Å²) < 4.78 is 6.13. The monoisotopic (exact) mass is 512 g/mol. The molecule has 1 amide bonds. The van der Waals surface area contributed by atoms with Crippen molar-refractivity contribution in [2.75, 3.05) is 25.0 Å². The molecule has 1 saturated heterocycles. The topological polar surface area (TPSA) is 135 Å². The normalized spacial score (nSPS) is 15.5. The number of nitrogens with one attached hydrogen (secondary N) is 2. The summed E-state index contributed by atoms with van der Waals surface area (Å²) in [4.78, 5) is 17.8. The Morgan fingerprint density at radius 1 is 1.20 bits per heavy atom. The molecule has 4 N–H and O–H groups in total. The van der Waals surface area contributed by atoms with E-state index in [0.717, 1.165) is 10.9 Å².